The Kier molecular flexibility index (Phi) is 6.07. The van der Waals surface area contributed by atoms with Gasteiger partial charge in [0.1, 0.15) is 17.3 Å². The van der Waals surface area contributed by atoms with E-state index in [1.165, 1.54) is 12.3 Å². The molecule has 1 aliphatic heterocycles. The Morgan fingerprint density at radius 3 is 2.55 bits per heavy atom. The second-order valence-electron chi connectivity index (χ2n) is 9.49. The maximum absolute atomic E-state index is 15.0. The fourth-order valence-corrected chi connectivity index (χ4v) is 3.95. The van der Waals surface area contributed by atoms with E-state index < -0.39 is 35.0 Å². The van der Waals surface area contributed by atoms with Crippen LogP contribution in [0.25, 0.3) is 10.9 Å². The predicted octanol–water partition coefficient (Wildman–Crippen LogP) is 4.04. The molecule has 1 amide bonds. The van der Waals surface area contributed by atoms with Crippen LogP contribution in [-0.4, -0.2) is 52.9 Å². The van der Waals surface area contributed by atoms with Crippen LogP contribution in [0.1, 0.15) is 63.4 Å². The molecule has 1 saturated carbocycles. The number of halogens is 1. The van der Waals surface area contributed by atoms with Gasteiger partial charge >= 0.3 is 12.1 Å². The minimum absolute atomic E-state index is 0.0104. The van der Waals surface area contributed by atoms with Crippen molar-refractivity contribution in [2.45, 2.75) is 64.7 Å². The van der Waals surface area contributed by atoms with Gasteiger partial charge in [0.25, 0.3) is 0 Å². The number of esters is 1. The Balaban J connectivity index is 1.61. The first-order valence-corrected chi connectivity index (χ1v) is 11.3. The van der Waals surface area contributed by atoms with Gasteiger partial charge in [0.2, 0.25) is 5.43 Å². The SMILES string of the molecule is CCOC(=O)c1cn(C2CC2)c2cc(OC3CCN(C(=O)OC(C)(C)C)C3)c(F)cc2c1=O. The lowest BCUT2D eigenvalue weighted by molar-refractivity contribution is 0.0275. The molecule has 0 spiro atoms. The van der Waals surface area contributed by atoms with Gasteiger partial charge in [0.15, 0.2) is 11.6 Å². The standard InChI is InChI=1S/C24H29FN2O6/c1-5-31-22(29)17-13-27(14-6-7-14)19-11-20(18(25)10-16(19)21(17)28)32-15-8-9-26(12-15)23(30)33-24(2,3)4/h10-11,13-15H,5-9,12H2,1-4H3. The molecule has 4 rings (SSSR count). The zero-order chi connectivity index (χ0) is 23.9. The van der Waals surface area contributed by atoms with Crippen molar-refractivity contribution in [3.8, 4) is 5.75 Å². The summed E-state index contributed by atoms with van der Waals surface area (Å²) in [6.07, 6.45) is 3.02. The van der Waals surface area contributed by atoms with Gasteiger partial charge in [-0.1, -0.05) is 0 Å². The Morgan fingerprint density at radius 2 is 1.91 bits per heavy atom. The summed E-state index contributed by atoms with van der Waals surface area (Å²) in [5, 5.41) is 0.110. The number of pyridine rings is 1. The Bertz CT molecular complexity index is 1150. The molecule has 9 heteroatoms. The molecule has 8 nitrogen and oxygen atoms in total. The zero-order valence-electron chi connectivity index (χ0n) is 19.4. The fourth-order valence-electron chi connectivity index (χ4n) is 3.95. The number of benzene rings is 1. The minimum Gasteiger partial charge on any atom is -0.485 e. The first-order chi connectivity index (χ1) is 15.6. The van der Waals surface area contributed by atoms with Crippen LogP contribution in [0.5, 0.6) is 5.75 Å². The second kappa shape index (κ2) is 8.68. The van der Waals surface area contributed by atoms with Crippen LogP contribution >= 0.6 is 0 Å². The molecule has 2 aromatic rings. The fraction of sp³-hybridized carbons (Fsp3) is 0.542. The average molecular weight is 461 g/mol. The van der Waals surface area contributed by atoms with Crippen molar-refractivity contribution in [1.82, 2.24) is 9.47 Å². The van der Waals surface area contributed by atoms with Crippen LogP contribution in [0.2, 0.25) is 0 Å². The van der Waals surface area contributed by atoms with Crippen molar-refractivity contribution >= 4 is 23.0 Å². The monoisotopic (exact) mass is 460 g/mol. The van der Waals surface area contributed by atoms with Crippen molar-refractivity contribution in [2.75, 3.05) is 19.7 Å². The maximum atomic E-state index is 15.0. The second-order valence-corrected chi connectivity index (χ2v) is 9.49. The molecule has 1 unspecified atom stereocenters. The van der Waals surface area contributed by atoms with E-state index in [0.29, 0.717) is 18.5 Å². The van der Waals surface area contributed by atoms with Crippen LogP contribution in [0.4, 0.5) is 9.18 Å². The highest BCUT2D eigenvalue weighted by atomic mass is 19.1. The molecule has 1 atom stereocenters. The maximum Gasteiger partial charge on any atom is 0.410 e. The lowest BCUT2D eigenvalue weighted by Gasteiger charge is -2.24. The topological polar surface area (TPSA) is 87.1 Å². The van der Waals surface area contributed by atoms with Gasteiger partial charge < -0.3 is 23.7 Å². The molecule has 2 heterocycles. The number of fused-ring (bicyclic) bond motifs is 1. The highest BCUT2D eigenvalue weighted by Crippen LogP contribution is 2.38. The average Bonchev–Trinajstić information content (AvgIpc) is 3.46. The minimum atomic E-state index is -0.715. The van der Waals surface area contributed by atoms with E-state index >= 15 is 0 Å². The van der Waals surface area contributed by atoms with E-state index in [9.17, 15) is 18.8 Å². The number of ether oxygens (including phenoxy) is 3. The van der Waals surface area contributed by atoms with Crippen LogP contribution in [0.3, 0.4) is 0 Å². The number of amides is 1. The van der Waals surface area contributed by atoms with Gasteiger partial charge in [-0.3, -0.25) is 4.79 Å². The van der Waals surface area contributed by atoms with E-state index in [4.69, 9.17) is 14.2 Å². The van der Waals surface area contributed by atoms with E-state index in [1.54, 1.807) is 32.6 Å². The number of aromatic nitrogens is 1. The van der Waals surface area contributed by atoms with E-state index in [1.807, 2.05) is 4.57 Å². The molecule has 1 aromatic heterocycles. The summed E-state index contributed by atoms with van der Waals surface area (Å²) in [5.74, 6) is -1.40. The largest absolute Gasteiger partial charge is 0.485 e. The summed E-state index contributed by atoms with van der Waals surface area (Å²) in [4.78, 5) is 39.0. The smallest absolute Gasteiger partial charge is 0.410 e. The Hall–Kier alpha value is -3.10. The molecule has 2 aliphatic rings. The molecule has 1 aliphatic carbocycles. The summed E-state index contributed by atoms with van der Waals surface area (Å²) in [6, 6.07) is 2.76. The molecular formula is C24H29FN2O6. The van der Waals surface area contributed by atoms with Crippen LogP contribution < -0.4 is 10.2 Å². The number of carbonyl (C=O) groups is 2. The van der Waals surface area contributed by atoms with Gasteiger partial charge in [-0.2, -0.15) is 0 Å². The van der Waals surface area contributed by atoms with Gasteiger partial charge in [-0.25, -0.2) is 14.0 Å². The van der Waals surface area contributed by atoms with Gasteiger partial charge in [-0.05, 0) is 46.6 Å². The number of hydrogen-bond acceptors (Lipinski definition) is 6. The Labute approximate surface area is 191 Å². The van der Waals surface area contributed by atoms with Crippen molar-refractivity contribution in [2.24, 2.45) is 0 Å². The third kappa shape index (κ3) is 4.96. The summed E-state index contributed by atoms with van der Waals surface area (Å²) >= 11 is 0. The summed E-state index contributed by atoms with van der Waals surface area (Å²) in [5.41, 5.74) is -0.764. The highest BCUT2D eigenvalue weighted by molar-refractivity contribution is 5.94. The van der Waals surface area contributed by atoms with Crippen LogP contribution in [-0.2, 0) is 9.47 Å². The molecule has 1 aromatic carbocycles. The van der Waals surface area contributed by atoms with Crippen molar-refractivity contribution in [3.63, 3.8) is 0 Å². The summed E-state index contributed by atoms with van der Waals surface area (Å²) in [7, 11) is 0. The molecular weight excluding hydrogens is 431 g/mol. The zero-order valence-corrected chi connectivity index (χ0v) is 19.4. The number of carbonyl (C=O) groups excluding carboxylic acids is 2. The van der Waals surface area contributed by atoms with Gasteiger partial charge in [0, 0.05) is 36.7 Å². The van der Waals surface area contributed by atoms with E-state index in [-0.39, 0.29) is 35.9 Å². The lowest BCUT2D eigenvalue weighted by Crippen LogP contribution is -2.36. The van der Waals surface area contributed by atoms with Crippen LogP contribution in [0.15, 0.2) is 23.1 Å². The summed E-state index contributed by atoms with van der Waals surface area (Å²) < 4.78 is 33.1. The normalized spacial score (nSPS) is 18.5. The van der Waals surface area contributed by atoms with Crippen molar-refractivity contribution in [3.05, 3.63) is 39.9 Å². The first kappa shape index (κ1) is 23.1. The quantitative estimate of drug-likeness (QED) is 0.626. The Morgan fingerprint density at radius 1 is 1.18 bits per heavy atom. The summed E-state index contributed by atoms with van der Waals surface area (Å²) in [6.45, 7) is 7.93. The number of rotatable bonds is 5. The molecule has 33 heavy (non-hydrogen) atoms. The van der Waals surface area contributed by atoms with Gasteiger partial charge in [0.05, 0.1) is 18.7 Å². The van der Waals surface area contributed by atoms with E-state index in [2.05, 4.69) is 0 Å². The molecule has 0 bridgehead atoms. The first-order valence-electron chi connectivity index (χ1n) is 11.3. The molecule has 2 fully saturated rings. The third-order valence-electron chi connectivity index (χ3n) is 5.61. The molecule has 178 valence electrons. The predicted molar refractivity (Wildman–Crippen MR) is 119 cm³/mol. The van der Waals surface area contributed by atoms with Crippen molar-refractivity contribution < 1.29 is 28.2 Å². The number of nitrogens with zero attached hydrogens (tertiary/aromatic N) is 2. The number of likely N-dealkylation sites (tertiary alicyclic amines) is 1. The van der Waals surface area contributed by atoms with Gasteiger partial charge in [-0.15, -0.1) is 0 Å². The lowest BCUT2D eigenvalue weighted by atomic mass is 10.1. The molecule has 0 radical (unpaired) electrons. The highest BCUT2D eigenvalue weighted by Gasteiger charge is 2.32. The van der Waals surface area contributed by atoms with Crippen LogP contribution in [0, 0.1) is 5.82 Å². The number of hydrogen-bond donors (Lipinski definition) is 0. The molecule has 0 N–H and O–H groups in total. The van der Waals surface area contributed by atoms with E-state index in [0.717, 1.165) is 18.9 Å². The molecule has 1 saturated heterocycles. The van der Waals surface area contributed by atoms with Crippen molar-refractivity contribution in [1.29, 1.82) is 0 Å². The third-order valence-corrected chi connectivity index (χ3v) is 5.61.